The number of aromatic nitrogens is 2. The second-order valence-electron chi connectivity index (χ2n) is 2.53. The van der Waals surface area contributed by atoms with Crippen molar-refractivity contribution >= 4 is 17.4 Å². The van der Waals surface area contributed by atoms with E-state index in [0.29, 0.717) is 11.5 Å². The Balaban J connectivity index is 2.33. The van der Waals surface area contributed by atoms with Crippen molar-refractivity contribution in [1.82, 2.24) is 9.97 Å². The second-order valence-corrected chi connectivity index (χ2v) is 2.53. The molecule has 0 aromatic carbocycles. The Morgan fingerprint density at radius 2 is 2.46 bits per heavy atom. The maximum absolute atomic E-state index is 11.2. The van der Waals surface area contributed by atoms with Gasteiger partial charge in [-0.1, -0.05) is 0 Å². The van der Waals surface area contributed by atoms with Gasteiger partial charge in [-0.3, -0.25) is 4.79 Å². The van der Waals surface area contributed by atoms with Crippen LogP contribution in [-0.4, -0.2) is 29.2 Å². The van der Waals surface area contributed by atoms with Crippen LogP contribution in [-0.2, 0) is 9.53 Å². The molecule has 6 heteroatoms. The number of fused-ring (bicyclic) bond motifs is 1. The molecule has 0 saturated heterocycles. The third kappa shape index (κ3) is 1.31. The van der Waals surface area contributed by atoms with E-state index < -0.39 is 6.23 Å². The summed E-state index contributed by atoms with van der Waals surface area (Å²) in [4.78, 5) is 18.9. The second kappa shape index (κ2) is 2.98. The topological polar surface area (TPSA) is 76.1 Å². The fourth-order valence-corrected chi connectivity index (χ4v) is 1.09. The minimum absolute atomic E-state index is 0.246. The van der Waals surface area contributed by atoms with Gasteiger partial charge in [0.2, 0.25) is 6.23 Å². The number of hydrogen-bond donors (Lipinski definition) is 2. The first-order chi connectivity index (χ1) is 6.31. The molecule has 1 amide bonds. The van der Waals surface area contributed by atoms with Crippen molar-refractivity contribution < 1.29 is 9.53 Å². The van der Waals surface area contributed by atoms with Crippen molar-refractivity contribution in [3.05, 3.63) is 12.5 Å². The summed E-state index contributed by atoms with van der Waals surface area (Å²) in [5, 5.41) is 5.42. The number of ether oxygens (including phenoxy) is 1. The highest BCUT2D eigenvalue weighted by molar-refractivity contribution is 6.00. The lowest BCUT2D eigenvalue weighted by molar-refractivity contribution is -0.124. The van der Waals surface area contributed by atoms with Crippen LogP contribution in [0.1, 0.15) is 0 Å². The van der Waals surface area contributed by atoms with Crippen LogP contribution in [0.15, 0.2) is 12.5 Å². The van der Waals surface area contributed by atoms with Crippen LogP contribution in [0.3, 0.4) is 0 Å². The quantitative estimate of drug-likeness (QED) is 0.626. The van der Waals surface area contributed by atoms with Gasteiger partial charge in [0.25, 0.3) is 5.91 Å². The summed E-state index contributed by atoms with van der Waals surface area (Å²) in [7, 11) is 1.45. The summed E-state index contributed by atoms with van der Waals surface area (Å²) < 4.78 is 4.88. The highest BCUT2D eigenvalue weighted by Crippen LogP contribution is 2.21. The molecule has 0 aliphatic carbocycles. The molecule has 13 heavy (non-hydrogen) atoms. The molecule has 0 fully saturated rings. The van der Waals surface area contributed by atoms with Crippen LogP contribution in [0.4, 0.5) is 11.5 Å². The van der Waals surface area contributed by atoms with Gasteiger partial charge < -0.3 is 15.4 Å². The fourth-order valence-electron chi connectivity index (χ4n) is 1.09. The van der Waals surface area contributed by atoms with Crippen LogP contribution in [0.2, 0.25) is 0 Å². The number of methoxy groups -OCH3 is 1. The summed E-state index contributed by atoms with van der Waals surface area (Å²) in [5.74, 6) is 0.325. The van der Waals surface area contributed by atoms with Crippen LogP contribution in [0.25, 0.3) is 0 Å². The predicted molar refractivity (Wildman–Crippen MR) is 45.1 cm³/mol. The Morgan fingerprint density at radius 3 is 3.23 bits per heavy atom. The summed E-state index contributed by atoms with van der Waals surface area (Å²) in [6, 6.07) is 0. The number of nitrogens with one attached hydrogen (secondary N) is 2. The van der Waals surface area contributed by atoms with Crippen molar-refractivity contribution in [2.24, 2.45) is 0 Å². The molecule has 1 aromatic heterocycles. The molecule has 1 aliphatic heterocycles. The smallest absolute Gasteiger partial charge is 0.274 e. The SMILES string of the molecule is COC1Nc2ncncc2NC1=O. The summed E-state index contributed by atoms with van der Waals surface area (Å²) in [5.41, 5.74) is 0.570. The number of carbonyl (C=O) groups is 1. The summed E-state index contributed by atoms with van der Waals surface area (Å²) in [6.45, 7) is 0. The highest BCUT2D eigenvalue weighted by atomic mass is 16.5. The van der Waals surface area contributed by atoms with E-state index in [1.54, 1.807) is 0 Å². The Hall–Kier alpha value is -1.69. The minimum Gasteiger partial charge on any atom is -0.353 e. The van der Waals surface area contributed by atoms with Gasteiger partial charge in [0.15, 0.2) is 5.82 Å². The van der Waals surface area contributed by atoms with Crippen molar-refractivity contribution in [1.29, 1.82) is 0 Å². The number of nitrogens with zero attached hydrogens (tertiary/aromatic N) is 2. The summed E-state index contributed by atoms with van der Waals surface area (Å²) in [6.07, 6.45) is 2.25. The van der Waals surface area contributed by atoms with E-state index in [1.807, 2.05) is 0 Å². The van der Waals surface area contributed by atoms with Crippen molar-refractivity contribution in [3.8, 4) is 0 Å². The normalized spacial score (nSPS) is 20.1. The molecule has 68 valence electrons. The van der Waals surface area contributed by atoms with Crippen molar-refractivity contribution in [2.75, 3.05) is 17.7 Å². The largest absolute Gasteiger partial charge is 0.353 e. The molecular formula is C7H8N4O2. The van der Waals surface area contributed by atoms with E-state index in [0.717, 1.165) is 0 Å². The Labute approximate surface area is 74.3 Å². The van der Waals surface area contributed by atoms with Gasteiger partial charge in [0.1, 0.15) is 12.0 Å². The molecular weight excluding hydrogens is 172 g/mol. The van der Waals surface area contributed by atoms with Crippen LogP contribution in [0, 0.1) is 0 Å². The molecule has 0 bridgehead atoms. The lowest BCUT2D eigenvalue weighted by Gasteiger charge is -2.23. The standard InChI is InChI=1S/C7H8N4O2/c1-13-7-6(12)10-4-2-8-3-9-5(4)11-7/h2-3,7H,1H3,(H,10,12)(H,8,9,11). The Kier molecular flexibility index (Phi) is 1.82. The number of amides is 1. The molecule has 0 spiro atoms. The van der Waals surface area contributed by atoms with Crippen molar-refractivity contribution in [2.45, 2.75) is 6.23 Å². The molecule has 2 N–H and O–H groups in total. The van der Waals surface area contributed by atoms with Crippen LogP contribution < -0.4 is 10.6 Å². The minimum atomic E-state index is -0.678. The lowest BCUT2D eigenvalue weighted by Crippen LogP contribution is -2.40. The van der Waals surface area contributed by atoms with Gasteiger partial charge in [-0.2, -0.15) is 0 Å². The molecule has 1 aromatic rings. The molecule has 1 atom stereocenters. The monoisotopic (exact) mass is 180 g/mol. The third-order valence-corrected chi connectivity index (χ3v) is 1.71. The molecule has 2 heterocycles. The average molecular weight is 180 g/mol. The van der Waals surface area contributed by atoms with E-state index in [-0.39, 0.29) is 5.91 Å². The predicted octanol–water partition coefficient (Wildman–Crippen LogP) is -0.187. The maximum Gasteiger partial charge on any atom is 0.274 e. The van der Waals surface area contributed by atoms with E-state index in [2.05, 4.69) is 20.6 Å². The van der Waals surface area contributed by atoms with Gasteiger partial charge in [-0.05, 0) is 0 Å². The van der Waals surface area contributed by atoms with Gasteiger partial charge >= 0.3 is 0 Å². The highest BCUT2D eigenvalue weighted by Gasteiger charge is 2.25. The van der Waals surface area contributed by atoms with Crippen LogP contribution >= 0.6 is 0 Å². The summed E-state index contributed by atoms with van der Waals surface area (Å²) >= 11 is 0. The van der Waals surface area contributed by atoms with E-state index >= 15 is 0 Å². The number of anilines is 2. The molecule has 0 radical (unpaired) electrons. The third-order valence-electron chi connectivity index (χ3n) is 1.71. The zero-order chi connectivity index (χ0) is 9.26. The maximum atomic E-state index is 11.2. The van der Waals surface area contributed by atoms with E-state index in [4.69, 9.17) is 4.74 Å². The average Bonchev–Trinajstić information content (AvgIpc) is 2.17. The zero-order valence-electron chi connectivity index (χ0n) is 6.94. The van der Waals surface area contributed by atoms with Gasteiger partial charge in [-0.15, -0.1) is 0 Å². The van der Waals surface area contributed by atoms with Crippen molar-refractivity contribution in [3.63, 3.8) is 0 Å². The molecule has 0 saturated carbocycles. The first-order valence-corrected chi connectivity index (χ1v) is 3.71. The van der Waals surface area contributed by atoms with Gasteiger partial charge in [0, 0.05) is 7.11 Å². The van der Waals surface area contributed by atoms with Gasteiger partial charge in [-0.25, -0.2) is 9.97 Å². The molecule has 2 rings (SSSR count). The molecule has 1 unspecified atom stereocenters. The first-order valence-electron chi connectivity index (χ1n) is 3.71. The van der Waals surface area contributed by atoms with E-state index in [1.165, 1.54) is 19.6 Å². The fraction of sp³-hybridized carbons (Fsp3) is 0.286. The van der Waals surface area contributed by atoms with Crippen LogP contribution in [0.5, 0.6) is 0 Å². The first kappa shape index (κ1) is 7.93. The van der Waals surface area contributed by atoms with Gasteiger partial charge in [0.05, 0.1) is 6.20 Å². The zero-order valence-corrected chi connectivity index (χ0v) is 6.94. The Morgan fingerprint density at radius 1 is 1.62 bits per heavy atom. The number of carbonyl (C=O) groups excluding carboxylic acids is 1. The molecule has 1 aliphatic rings. The lowest BCUT2D eigenvalue weighted by atomic mass is 10.3. The number of hydrogen-bond acceptors (Lipinski definition) is 5. The number of rotatable bonds is 1. The van der Waals surface area contributed by atoms with E-state index in [9.17, 15) is 4.79 Å². The molecule has 6 nitrogen and oxygen atoms in total. The Bertz CT molecular complexity index is 341.